The topological polar surface area (TPSA) is 87.1 Å². The number of hydrogen-bond acceptors (Lipinski definition) is 4. The number of carbonyl (C=O) groups is 2. The van der Waals surface area contributed by atoms with Crippen LogP contribution in [0.5, 0.6) is 11.5 Å². The third-order valence-electron chi connectivity index (χ3n) is 5.76. The van der Waals surface area contributed by atoms with E-state index in [0.29, 0.717) is 11.1 Å². The normalized spacial score (nSPS) is 15.4. The fourth-order valence-corrected chi connectivity index (χ4v) is 4.18. The molecule has 1 aliphatic heterocycles. The fraction of sp³-hybridized carbons (Fsp3) is 0.200. The summed E-state index contributed by atoms with van der Waals surface area (Å²) in [6, 6.07) is 21.0. The van der Waals surface area contributed by atoms with Crippen molar-refractivity contribution in [1.82, 2.24) is 4.90 Å². The van der Waals surface area contributed by atoms with Crippen molar-refractivity contribution in [2.24, 2.45) is 0 Å². The molecule has 0 bridgehead atoms. The Labute approximate surface area is 180 Å². The molecule has 1 amide bonds. The van der Waals surface area contributed by atoms with Crippen molar-refractivity contribution in [2.75, 3.05) is 7.11 Å². The minimum absolute atomic E-state index is 0.00966. The van der Waals surface area contributed by atoms with E-state index in [-0.39, 0.29) is 30.4 Å². The third-order valence-corrected chi connectivity index (χ3v) is 5.76. The predicted octanol–water partition coefficient (Wildman–Crippen LogP) is 3.57. The maximum Gasteiger partial charge on any atom is 0.326 e. The van der Waals surface area contributed by atoms with Gasteiger partial charge in [-0.25, -0.2) is 4.79 Å². The maximum absolute atomic E-state index is 13.8. The van der Waals surface area contributed by atoms with E-state index in [1.54, 1.807) is 12.1 Å². The molecule has 1 heterocycles. The molecule has 0 spiro atoms. The van der Waals surface area contributed by atoms with Gasteiger partial charge in [0.2, 0.25) is 5.91 Å². The molecule has 0 aliphatic carbocycles. The van der Waals surface area contributed by atoms with Crippen LogP contribution in [0.25, 0.3) is 0 Å². The lowest BCUT2D eigenvalue weighted by Crippen LogP contribution is -2.50. The Morgan fingerprint density at radius 1 is 0.968 bits per heavy atom. The van der Waals surface area contributed by atoms with Crippen LogP contribution in [0.2, 0.25) is 0 Å². The summed E-state index contributed by atoms with van der Waals surface area (Å²) in [5, 5.41) is 20.4. The first-order valence-electron chi connectivity index (χ1n) is 10.0. The second-order valence-electron chi connectivity index (χ2n) is 7.53. The number of carboxylic acid groups (broad SMARTS) is 1. The molecule has 3 aromatic carbocycles. The highest BCUT2D eigenvalue weighted by molar-refractivity contribution is 5.91. The molecule has 4 rings (SSSR count). The molecule has 158 valence electrons. The zero-order valence-corrected chi connectivity index (χ0v) is 17.1. The van der Waals surface area contributed by atoms with Crippen molar-refractivity contribution in [3.8, 4) is 11.5 Å². The summed E-state index contributed by atoms with van der Waals surface area (Å²) in [6.45, 7) is 0.0961. The molecular weight excluding hydrogens is 394 g/mol. The summed E-state index contributed by atoms with van der Waals surface area (Å²) in [4.78, 5) is 27.3. The zero-order chi connectivity index (χ0) is 22.0. The minimum Gasteiger partial charge on any atom is -0.504 e. The summed E-state index contributed by atoms with van der Waals surface area (Å²) in [7, 11) is 1.44. The Bertz CT molecular complexity index is 1060. The Kier molecular flexibility index (Phi) is 5.62. The number of fused-ring (bicyclic) bond motifs is 1. The molecule has 31 heavy (non-hydrogen) atoms. The van der Waals surface area contributed by atoms with Crippen LogP contribution in [0, 0.1) is 0 Å². The third kappa shape index (κ3) is 3.84. The Hall–Kier alpha value is -3.80. The lowest BCUT2D eigenvalue weighted by Gasteiger charge is -2.37. The number of methoxy groups -OCH3 is 1. The van der Waals surface area contributed by atoms with Crippen LogP contribution in [0.15, 0.2) is 72.8 Å². The largest absolute Gasteiger partial charge is 0.504 e. The van der Waals surface area contributed by atoms with Gasteiger partial charge in [-0.2, -0.15) is 0 Å². The molecule has 6 heteroatoms. The fourth-order valence-electron chi connectivity index (χ4n) is 4.18. The van der Waals surface area contributed by atoms with Gasteiger partial charge in [-0.3, -0.25) is 4.79 Å². The van der Waals surface area contributed by atoms with Gasteiger partial charge in [0, 0.05) is 18.5 Å². The van der Waals surface area contributed by atoms with E-state index in [1.807, 2.05) is 60.7 Å². The van der Waals surface area contributed by atoms with Gasteiger partial charge >= 0.3 is 5.97 Å². The molecule has 0 aromatic heterocycles. The monoisotopic (exact) mass is 417 g/mol. The molecule has 6 nitrogen and oxygen atoms in total. The molecule has 0 fully saturated rings. The van der Waals surface area contributed by atoms with Crippen molar-refractivity contribution in [3.63, 3.8) is 0 Å². The van der Waals surface area contributed by atoms with Gasteiger partial charge in [0.25, 0.3) is 0 Å². The molecule has 0 saturated heterocycles. The average Bonchev–Trinajstić information content (AvgIpc) is 2.80. The lowest BCUT2D eigenvalue weighted by atomic mass is 9.87. The summed E-state index contributed by atoms with van der Waals surface area (Å²) < 4.78 is 5.16. The summed E-state index contributed by atoms with van der Waals surface area (Å²) in [6.07, 6.45) is 0.00966. The average molecular weight is 417 g/mol. The Morgan fingerprint density at radius 3 is 2.06 bits per heavy atom. The highest BCUT2D eigenvalue weighted by Gasteiger charge is 2.39. The number of amides is 1. The summed E-state index contributed by atoms with van der Waals surface area (Å²) in [5.41, 5.74) is 2.81. The second kappa shape index (κ2) is 8.52. The molecule has 1 aliphatic rings. The number of aliphatic carboxylic acids is 1. The molecule has 2 N–H and O–H groups in total. The van der Waals surface area contributed by atoms with Crippen LogP contribution in [-0.4, -0.2) is 40.1 Å². The van der Waals surface area contributed by atoms with E-state index in [0.717, 1.165) is 11.1 Å². The van der Waals surface area contributed by atoms with Crippen molar-refractivity contribution >= 4 is 11.9 Å². The van der Waals surface area contributed by atoms with Gasteiger partial charge in [0.1, 0.15) is 6.04 Å². The standard InChI is InChI=1S/C25H23NO5/c1-31-21-13-12-18-15-26(20(25(29)30)14-19(18)23(21)27)24(28)22(16-8-4-2-5-9-16)17-10-6-3-7-11-17/h2-13,20,22,27H,14-15H2,1H3,(H,29,30). The first-order valence-corrected chi connectivity index (χ1v) is 10.0. The Morgan fingerprint density at radius 2 is 1.55 bits per heavy atom. The van der Waals surface area contributed by atoms with E-state index in [9.17, 15) is 19.8 Å². The highest BCUT2D eigenvalue weighted by Crippen LogP contribution is 2.38. The van der Waals surface area contributed by atoms with Crippen molar-refractivity contribution in [1.29, 1.82) is 0 Å². The lowest BCUT2D eigenvalue weighted by molar-refractivity contribution is -0.151. The van der Waals surface area contributed by atoms with E-state index < -0.39 is 17.9 Å². The van der Waals surface area contributed by atoms with Gasteiger partial charge < -0.3 is 19.8 Å². The number of benzene rings is 3. The van der Waals surface area contributed by atoms with E-state index in [4.69, 9.17) is 4.74 Å². The summed E-state index contributed by atoms with van der Waals surface area (Å²) >= 11 is 0. The van der Waals surface area contributed by atoms with Gasteiger partial charge in [0.15, 0.2) is 11.5 Å². The predicted molar refractivity (Wildman–Crippen MR) is 115 cm³/mol. The molecule has 1 atom stereocenters. The molecule has 0 radical (unpaired) electrons. The molecule has 1 unspecified atom stereocenters. The number of ether oxygens (including phenoxy) is 1. The van der Waals surface area contributed by atoms with E-state index >= 15 is 0 Å². The number of carbonyl (C=O) groups excluding carboxylic acids is 1. The SMILES string of the molecule is COc1ccc2c(c1O)CC(C(=O)O)N(C(=O)C(c1ccccc1)c1ccccc1)C2. The number of aromatic hydroxyl groups is 1. The van der Waals surface area contributed by atoms with Gasteiger partial charge in [-0.15, -0.1) is 0 Å². The number of phenols is 1. The number of rotatable bonds is 5. The smallest absolute Gasteiger partial charge is 0.326 e. The van der Waals surface area contributed by atoms with Gasteiger partial charge in [0.05, 0.1) is 13.0 Å². The number of nitrogens with zero attached hydrogens (tertiary/aromatic N) is 1. The zero-order valence-electron chi connectivity index (χ0n) is 17.1. The van der Waals surface area contributed by atoms with Crippen LogP contribution in [0.3, 0.4) is 0 Å². The van der Waals surface area contributed by atoms with Crippen LogP contribution in [0.1, 0.15) is 28.2 Å². The molecule has 0 saturated carbocycles. The summed E-state index contributed by atoms with van der Waals surface area (Å²) in [5.74, 6) is -1.81. The first-order chi connectivity index (χ1) is 15.0. The maximum atomic E-state index is 13.8. The molecular formula is C25H23NO5. The van der Waals surface area contributed by atoms with Crippen molar-refractivity contribution in [3.05, 3.63) is 95.1 Å². The quantitative estimate of drug-likeness (QED) is 0.663. The number of carboxylic acids is 1. The van der Waals surface area contributed by atoms with Gasteiger partial charge in [-0.05, 0) is 22.8 Å². The number of hydrogen-bond donors (Lipinski definition) is 2. The van der Waals surface area contributed by atoms with Crippen LogP contribution < -0.4 is 4.74 Å². The second-order valence-corrected chi connectivity index (χ2v) is 7.53. The van der Waals surface area contributed by atoms with Crippen LogP contribution in [0.4, 0.5) is 0 Å². The minimum atomic E-state index is -1.11. The Balaban J connectivity index is 1.77. The van der Waals surface area contributed by atoms with E-state index in [1.165, 1.54) is 12.0 Å². The highest BCUT2D eigenvalue weighted by atomic mass is 16.5. The molecule has 3 aromatic rings. The number of phenolic OH excluding ortho intramolecular Hbond substituents is 1. The van der Waals surface area contributed by atoms with Gasteiger partial charge in [-0.1, -0.05) is 66.7 Å². The van der Waals surface area contributed by atoms with E-state index in [2.05, 4.69) is 0 Å². The van der Waals surface area contributed by atoms with Crippen molar-refractivity contribution in [2.45, 2.75) is 24.9 Å². The first kappa shape index (κ1) is 20.5. The van der Waals surface area contributed by atoms with Crippen LogP contribution in [-0.2, 0) is 22.6 Å². The van der Waals surface area contributed by atoms with Crippen molar-refractivity contribution < 1.29 is 24.5 Å². The van der Waals surface area contributed by atoms with Crippen LogP contribution >= 0.6 is 0 Å².